The summed E-state index contributed by atoms with van der Waals surface area (Å²) in [5, 5.41) is 1.74. The molecule has 1 atom stereocenters. The minimum absolute atomic E-state index is 0.00317. The molecule has 29 heavy (non-hydrogen) atoms. The second-order valence-corrected chi connectivity index (χ2v) is 6.43. The van der Waals surface area contributed by atoms with E-state index < -0.39 is 29.5 Å². The summed E-state index contributed by atoms with van der Waals surface area (Å²) in [5.74, 6) is -3.40. The summed E-state index contributed by atoms with van der Waals surface area (Å²) in [4.78, 5) is 29.9. The van der Waals surface area contributed by atoms with E-state index in [0.29, 0.717) is 12.0 Å². The second-order valence-electron chi connectivity index (χ2n) is 6.43. The van der Waals surface area contributed by atoms with Crippen LogP contribution in [-0.2, 0) is 4.79 Å². The molecule has 0 saturated carbocycles. The first-order valence-corrected chi connectivity index (χ1v) is 8.81. The number of carbonyl (C=O) groups excluding carboxylic acids is 2. The number of rotatable bonds is 5. The maximum absolute atomic E-state index is 14.1. The van der Waals surface area contributed by atoms with E-state index in [1.165, 1.54) is 12.1 Å². The van der Waals surface area contributed by atoms with Crippen molar-refractivity contribution in [1.82, 2.24) is 10.2 Å². The summed E-state index contributed by atoms with van der Waals surface area (Å²) in [7, 11) is 0. The van der Waals surface area contributed by atoms with Gasteiger partial charge in [-0.3, -0.25) is 14.5 Å². The van der Waals surface area contributed by atoms with E-state index in [4.69, 9.17) is 0 Å². The van der Waals surface area contributed by atoms with E-state index in [1.807, 2.05) is 0 Å². The molecule has 0 fully saturated rings. The summed E-state index contributed by atoms with van der Waals surface area (Å²) in [6.45, 7) is 1.71. The molecule has 3 rings (SSSR count). The van der Waals surface area contributed by atoms with Gasteiger partial charge in [-0.1, -0.05) is 37.3 Å². The molecular formula is C20H17F4N3O2. The highest BCUT2D eigenvalue weighted by atomic mass is 19.4. The predicted molar refractivity (Wildman–Crippen MR) is 97.6 cm³/mol. The molecule has 0 aromatic heterocycles. The average molecular weight is 407 g/mol. The number of aliphatic imine (C=N–C) groups is 1. The monoisotopic (exact) mass is 407 g/mol. The van der Waals surface area contributed by atoms with E-state index >= 15 is 0 Å². The maximum Gasteiger partial charge on any atom is 0.442 e. The number of amides is 2. The van der Waals surface area contributed by atoms with Crippen molar-refractivity contribution in [3.63, 3.8) is 0 Å². The average Bonchev–Trinajstić information content (AvgIpc) is 2.96. The van der Waals surface area contributed by atoms with Crippen LogP contribution in [0.5, 0.6) is 0 Å². The third-order valence-electron chi connectivity index (χ3n) is 4.37. The first kappa shape index (κ1) is 20.5. The zero-order valence-electron chi connectivity index (χ0n) is 15.3. The van der Waals surface area contributed by atoms with E-state index in [0.717, 1.165) is 29.2 Å². The van der Waals surface area contributed by atoms with Crippen LogP contribution in [0.3, 0.4) is 0 Å². The van der Waals surface area contributed by atoms with Gasteiger partial charge in [0, 0.05) is 17.7 Å². The van der Waals surface area contributed by atoms with Crippen LogP contribution in [0.4, 0.5) is 17.6 Å². The molecule has 0 aliphatic carbocycles. The molecule has 5 nitrogen and oxygen atoms in total. The highest BCUT2D eigenvalue weighted by molar-refractivity contribution is 6.16. The van der Waals surface area contributed by atoms with Crippen LogP contribution in [0.25, 0.3) is 0 Å². The van der Waals surface area contributed by atoms with Gasteiger partial charge in [0.25, 0.3) is 11.8 Å². The van der Waals surface area contributed by atoms with Gasteiger partial charge in [-0.25, -0.2) is 9.38 Å². The predicted octanol–water partition coefficient (Wildman–Crippen LogP) is 3.51. The molecule has 1 aliphatic heterocycles. The number of hydrogen-bond acceptors (Lipinski definition) is 3. The van der Waals surface area contributed by atoms with Gasteiger partial charge >= 0.3 is 11.8 Å². The topological polar surface area (TPSA) is 61.8 Å². The molecule has 0 radical (unpaired) electrons. The summed E-state index contributed by atoms with van der Waals surface area (Å²) >= 11 is 0. The zero-order valence-corrected chi connectivity index (χ0v) is 15.3. The summed E-state index contributed by atoms with van der Waals surface area (Å²) in [6.07, 6.45) is -4.81. The number of alkyl halides is 3. The molecule has 1 aliphatic rings. The molecular weight excluding hydrogens is 390 g/mol. The second kappa shape index (κ2) is 7.65. The van der Waals surface area contributed by atoms with Crippen molar-refractivity contribution in [2.75, 3.05) is 6.54 Å². The standard InChI is InChI=1S/C20H17F4N3O2/c1-2-12-27-16(13-6-4-3-5-7-13)25-19(18(27)29,20(22,23)24)26-17(28)14-8-10-15(21)11-9-14/h3-11H,2,12H2,1H3,(H,26,28). The third kappa shape index (κ3) is 3.72. The van der Waals surface area contributed by atoms with Crippen LogP contribution in [0.15, 0.2) is 59.6 Å². The van der Waals surface area contributed by atoms with Crippen LogP contribution in [-0.4, -0.2) is 40.9 Å². The Bertz CT molecular complexity index is 942. The molecule has 2 aromatic rings. The highest BCUT2D eigenvalue weighted by Gasteiger charge is 2.67. The Morgan fingerprint density at radius 2 is 1.72 bits per heavy atom. The Balaban J connectivity index is 2.08. The molecule has 9 heteroatoms. The van der Waals surface area contributed by atoms with Crippen molar-refractivity contribution in [2.45, 2.75) is 25.2 Å². The van der Waals surface area contributed by atoms with Crippen molar-refractivity contribution in [3.8, 4) is 0 Å². The number of nitrogens with one attached hydrogen (secondary N) is 1. The van der Waals surface area contributed by atoms with Crippen LogP contribution < -0.4 is 5.32 Å². The van der Waals surface area contributed by atoms with Crippen LogP contribution >= 0.6 is 0 Å². The third-order valence-corrected chi connectivity index (χ3v) is 4.37. The molecule has 0 bridgehead atoms. The zero-order chi connectivity index (χ0) is 21.2. The minimum atomic E-state index is -5.19. The number of hydrogen-bond donors (Lipinski definition) is 1. The fraction of sp³-hybridized carbons (Fsp3) is 0.250. The smallest absolute Gasteiger partial charge is 0.312 e. The lowest BCUT2D eigenvalue weighted by molar-refractivity contribution is -0.196. The van der Waals surface area contributed by atoms with Crippen molar-refractivity contribution >= 4 is 17.6 Å². The quantitative estimate of drug-likeness (QED) is 0.771. The van der Waals surface area contributed by atoms with Gasteiger partial charge in [0.15, 0.2) is 0 Å². The highest BCUT2D eigenvalue weighted by Crippen LogP contribution is 2.38. The number of nitrogens with zero attached hydrogens (tertiary/aromatic N) is 2. The van der Waals surface area contributed by atoms with Crippen molar-refractivity contribution in [3.05, 3.63) is 71.5 Å². The number of carbonyl (C=O) groups is 2. The van der Waals surface area contributed by atoms with E-state index in [2.05, 4.69) is 4.99 Å². The summed E-state index contributed by atoms with van der Waals surface area (Å²) in [5.41, 5.74) is -3.37. The van der Waals surface area contributed by atoms with Gasteiger partial charge in [0.1, 0.15) is 11.7 Å². The molecule has 2 aromatic carbocycles. The van der Waals surface area contributed by atoms with Crippen molar-refractivity contribution < 1.29 is 27.2 Å². The largest absolute Gasteiger partial charge is 0.442 e. The Labute approximate surface area is 164 Å². The van der Waals surface area contributed by atoms with Gasteiger partial charge in [0.2, 0.25) is 0 Å². The van der Waals surface area contributed by atoms with Crippen LogP contribution in [0, 0.1) is 5.82 Å². The number of amidine groups is 1. The van der Waals surface area contributed by atoms with E-state index in [1.54, 1.807) is 30.4 Å². The molecule has 152 valence electrons. The Hall–Kier alpha value is -3.23. The van der Waals surface area contributed by atoms with E-state index in [-0.39, 0.29) is 17.9 Å². The molecule has 1 heterocycles. The van der Waals surface area contributed by atoms with Gasteiger partial charge < -0.3 is 5.32 Å². The Kier molecular flexibility index (Phi) is 5.41. The SMILES string of the molecule is CCCN1C(=O)C(NC(=O)c2ccc(F)cc2)(C(F)(F)F)N=C1c1ccccc1. The molecule has 2 amide bonds. The lowest BCUT2D eigenvalue weighted by Crippen LogP contribution is -2.63. The van der Waals surface area contributed by atoms with Gasteiger partial charge in [0.05, 0.1) is 0 Å². The first-order valence-electron chi connectivity index (χ1n) is 8.81. The summed E-state index contributed by atoms with van der Waals surface area (Å²) in [6, 6.07) is 11.9. The molecule has 0 spiro atoms. The first-order chi connectivity index (χ1) is 13.7. The summed E-state index contributed by atoms with van der Waals surface area (Å²) < 4.78 is 55.3. The van der Waals surface area contributed by atoms with Gasteiger partial charge in [-0.2, -0.15) is 13.2 Å². The Morgan fingerprint density at radius 3 is 2.28 bits per heavy atom. The fourth-order valence-corrected chi connectivity index (χ4v) is 2.97. The van der Waals surface area contributed by atoms with Crippen molar-refractivity contribution in [1.29, 1.82) is 0 Å². The Morgan fingerprint density at radius 1 is 1.10 bits per heavy atom. The lowest BCUT2D eigenvalue weighted by Gasteiger charge is -2.29. The molecule has 1 unspecified atom stereocenters. The maximum atomic E-state index is 14.1. The fourth-order valence-electron chi connectivity index (χ4n) is 2.97. The normalized spacial score (nSPS) is 19.3. The van der Waals surface area contributed by atoms with Crippen LogP contribution in [0.1, 0.15) is 29.3 Å². The molecule has 0 saturated heterocycles. The number of benzene rings is 2. The van der Waals surface area contributed by atoms with Crippen molar-refractivity contribution in [2.24, 2.45) is 4.99 Å². The van der Waals surface area contributed by atoms with Gasteiger partial charge in [-0.05, 0) is 30.7 Å². The molecule has 1 N–H and O–H groups in total. The van der Waals surface area contributed by atoms with Gasteiger partial charge in [-0.15, -0.1) is 0 Å². The lowest BCUT2D eigenvalue weighted by atomic mass is 10.1. The van der Waals surface area contributed by atoms with E-state index in [9.17, 15) is 27.2 Å². The van der Waals surface area contributed by atoms with Crippen LogP contribution in [0.2, 0.25) is 0 Å². The number of halogens is 4. The minimum Gasteiger partial charge on any atom is -0.312 e.